The van der Waals surface area contributed by atoms with Crippen LogP contribution >= 0.6 is 0 Å². The minimum Gasteiger partial charge on any atom is -0.497 e. The maximum atomic E-state index is 5.94. The third kappa shape index (κ3) is 3.14. The number of fused-ring (bicyclic) bond motifs is 1. The van der Waals surface area contributed by atoms with Gasteiger partial charge in [0.1, 0.15) is 11.4 Å². The molecule has 0 bridgehead atoms. The highest BCUT2D eigenvalue weighted by Crippen LogP contribution is 2.38. The zero-order chi connectivity index (χ0) is 17.2. The highest BCUT2D eigenvalue weighted by molar-refractivity contribution is 5.81. The third-order valence-electron chi connectivity index (χ3n) is 4.87. The summed E-state index contributed by atoms with van der Waals surface area (Å²) in [7, 11) is 1.68. The fourth-order valence-corrected chi connectivity index (χ4v) is 3.52. The van der Waals surface area contributed by atoms with E-state index in [1.165, 1.54) is 24.8 Å². The molecule has 0 aliphatic carbocycles. The largest absolute Gasteiger partial charge is 0.497 e. The van der Waals surface area contributed by atoms with Crippen molar-refractivity contribution in [2.45, 2.75) is 25.3 Å². The fourth-order valence-electron chi connectivity index (χ4n) is 3.52. The van der Waals surface area contributed by atoms with Crippen molar-refractivity contribution in [1.82, 2.24) is 9.97 Å². The summed E-state index contributed by atoms with van der Waals surface area (Å²) >= 11 is 0. The molecule has 0 amide bonds. The van der Waals surface area contributed by atoms with E-state index < -0.39 is 0 Å². The summed E-state index contributed by atoms with van der Waals surface area (Å²) in [5.74, 6) is 2.88. The lowest BCUT2D eigenvalue weighted by atomic mass is 10.0. The normalized spacial score (nSPS) is 19.6. The Hall–Kier alpha value is -2.70. The van der Waals surface area contributed by atoms with Gasteiger partial charge < -0.3 is 26.0 Å². The molecule has 0 spiro atoms. The second-order valence-corrected chi connectivity index (χ2v) is 6.53. The lowest BCUT2D eigenvalue weighted by Crippen LogP contribution is -2.34. The van der Waals surface area contributed by atoms with Gasteiger partial charge in [0.15, 0.2) is 11.6 Å². The van der Waals surface area contributed by atoms with Gasteiger partial charge in [-0.25, -0.2) is 0 Å². The van der Waals surface area contributed by atoms with E-state index in [-0.39, 0.29) is 6.04 Å². The number of nitrogens with zero attached hydrogens (tertiary/aromatic N) is 3. The van der Waals surface area contributed by atoms with Gasteiger partial charge in [-0.1, -0.05) is 12.1 Å². The van der Waals surface area contributed by atoms with Crippen LogP contribution in [0.3, 0.4) is 0 Å². The fraction of sp³-hybridized carbons (Fsp3) is 0.444. The van der Waals surface area contributed by atoms with Crippen molar-refractivity contribution in [1.29, 1.82) is 0 Å². The van der Waals surface area contributed by atoms with Crippen molar-refractivity contribution in [3.63, 3.8) is 0 Å². The minimum absolute atomic E-state index is 0.147. The Bertz CT molecular complexity index is 742. The standard InChI is InChI=1S/C18H24N6O/c1-25-13-7-5-12(6-8-13)14-11-20-16-15(21-14)17(23-18(19)22-16)24-9-3-2-4-10-24/h5-8,14,21H,2-4,9-11H2,1H3,(H3,19,20,22,23). The Morgan fingerprint density at radius 2 is 1.88 bits per heavy atom. The van der Waals surface area contributed by atoms with Gasteiger partial charge in [-0.3, -0.25) is 0 Å². The molecule has 2 aliphatic heterocycles. The number of hydrogen-bond acceptors (Lipinski definition) is 7. The van der Waals surface area contributed by atoms with E-state index >= 15 is 0 Å². The zero-order valence-electron chi connectivity index (χ0n) is 14.5. The summed E-state index contributed by atoms with van der Waals surface area (Å²) in [6.45, 7) is 2.77. The van der Waals surface area contributed by atoms with Crippen molar-refractivity contribution in [2.24, 2.45) is 0 Å². The Kier molecular flexibility index (Phi) is 4.21. The number of ether oxygens (including phenoxy) is 1. The second-order valence-electron chi connectivity index (χ2n) is 6.53. The highest BCUT2D eigenvalue weighted by Gasteiger charge is 2.27. The summed E-state index contributed by atoms with van der Waals surface area (Å²) in [6, 6.07) is 8.29. The first-order valence-electron chi connectivity index (χ1n) is 8.81. The van der Waals surface area contributed by atoms with Gasteiger partial charge in [-0.15, -0.1) is 0 Å². The first kappa shape index (κ1) is 15.8. The van der Waals surface area contributed by atoms with Gasteiger partial charge in [0.2, 0.25) is 5.95 Å². The maximum absolute atomic E-state index is 5.94. The quantitative estimate of drug-likeness (QED) is 0.791. The summed E-state index contributed by atoms with van der Waals surface area (Å²) < 4.78 is 5.25. The predicted octanol–water partition coefficient (Wildman–Crippen LogP) is 2.64. The molecule has 1 atom stereocenters. The molecule has 1 aromatic carbocycles. The number of nitrogens with two attached hydrogens (primary N) is 1. The molecule has 4 rings (SSSR count). The molecule has 0 radical (unpaired) electrons. The lowest BCUT2D eigenvalue weighted by molar-refractivity contribution is 0.414. The van der Waals surface area contributed by atoms with E-state index in [1.807, 2.05) is 12.1 Å². The van der Waals surface area contributed by atoms with Crippen LogP contribution in [0.1, 0.15) is 30.9 Å². The molecular formula is C18H24N6O. The summed E-state index contributed by atoms with van der Waals surface area (Å²) in [5, 5.41) is 7.03. The average molecular weight is 340 g/mol. The third-order valence-corrected chi connectivity index (χ3v) is 4.87. The summed E-state index contributed by atoms with van der Waals surface area (Å²) in [4.78, 5) is 11.2. The SMILES string of the molecule is COc1ccc(C2CNc3nc(N)nc(N4CCCCC4)c3N2)cc1. The van der Waals surface area contributed by atoms with Crippen LogP contribution in [0.15, 0.2) is 24.3 Å². The number of piperidine rings is 1. The van der Waals surface area contributed by atoms with E-state index in [0.717, 1.165) is 42.7 Å². The van der Waals surface area contributed by atoms with Crippen molar-refractivity contribution < 1.29 is 4.74 Å². The van der Waals surface area contributed by atoms with Crippen LogP contribution in [-0.2, 0) is 0 Å². The van der Waals surface area contributed by atoms with Crippen LogP contribution in [0.5, 0.6) is 5.75 Å². The Balaban J connectivity index is 1.64. The number of hydrogen-bond donors (Lipinski definition) is 3. The van der Waals surface area contributed by atoms with Crippen LogP contribution in [0, 0.1) is 0 Å². The molecule has 7 heteroatoms. The van der Waals surface area contributed by atoms with Crippen LogP contribution in [0.2, 0.25) is 0 Å². The van der Waals surface area contributed by atoms with Crippen LogP contribution < -0.4 is 26.0 Å². The maximum Gasteiger partial charge on any atom is 0.224 e. The van der Waals surface area contributed by atoms with E-state index in [0.29, 0.717) is 5.95 Å². The van der Waals surface area contributed by atoms with Crippen molar-refractivity contribution in [3.05, 3.63) is 29.8 Å². The average Bonchev–Trinajstić information content (AvgIpc) is 2.68. The van der Waals surface area contributed by atoms with Gasteiger partial charge in [-0.05, 0) is 37.0 Å². The van der Waals surface area contributed by atoms with Crippen LogP contribution in [-0.4, -0.2) is 36.7 Å². The number of rotatable bonds is 3. The first-order valence-corrected chi connectivity index (χ1v) is 8.81. The smallest absolute Gasteiger partial charge is 0.224 e. The van der Waals surface area contributed by atoms with E-state index in [2.05, 4.69) is 37.6 Å². The number of nitrogens with one attached hydrogen (secondary N) is 2. The Morgan fingerprint density at radius 1 is 1.12 bits per heavy atom. The summed E-state index contributed by atoms with van der Waals surface area (Å²) in [5.41, 5.74) is 8.08. The number of anilines is 4. The van der Waals surface area contributed by atoms with E-state index in [9.17, 15) is 0 Å². The number of nitrogen functional groups attached to an aromatic ring is 1. The van der Waals surface area contributed by atoms with Gasteiger partial charge >= 0.3 is 0 Å². The molecule has 3 heterocycles. The number of benzene rings is 1. The molecule has 2 aliphatic rings. The summed E-state index contributed by atoms with van der Waals surface area (Å²) in [6.07, 6.45) is 3.65. The van der Waals surface area contributed by atoms with Gasteiger partial charge in [0, 0.05) is 19.6 Å². The number of aromatic nitrogens is 2. The zero-order valence-corrected chi connectivity index (χ0v) is 14.5. The first-order chi connectivity index (χ1) is 12.2. The Morgan fingerprint density at radius 3 is 2.60 bits per heavy atom. The molecule has 1 fully saturated rings. The van der Waals surface area contributed by atoms with Crippen molar-refractivity contribution >= 4 is 23.3 Å². The van der Waals surface area contributed by atoms with Gasteiger partial charge in [0.05, 0.1) is 13.2 Å². The molecule has 132 valence electrons. The molecule has 4 N–H and O–H groups in total. The molecule has 25 heavy (non-hydrogen) atoms. The molecule has 1 unspecified atom stereocenters. The molecular weight excluding hydrogens is 316 g/mol. The van der Waals surface area contributed by atoms with Gasteiger partial charge in [-0.2, -0.15) is 9.97 Å². The molecule has 1 aromatic heterocycles. The molecule has 2 aromatic rings. The topological polar surface area (TPSA) is 88.3 Å². The number of methoxy groups -OCH3 is 1. The Labute approximate surface area is 147 Å². The van der Waals surface area contributed by atoms with Crippen LogP contribution in [0.25, 0.3) is 0 Å². The molecule has 1 saturated heterocycles. The van der Waals surface area contributed by atoms with Crippen molar-refractivity contribution in [3.8, 4) is 5.75 Å². The van der Waals surface area contributed by atoms with Crippen LogP contribution in [0.4, 0.5) is 23.3 Å². The van der Waals surface area contributed by atoms with Gasteiger partial charge in [0.25, 0.3) is 0 Å². The van der Waals surface area contributed by atoms with E-state index in [1.54, 1.807) is 7.11 Å². The van der Waals surface area contributed by atoms with E-state index in [4.69, 9.17) is 10.5 Å². The second kappa shape index (κ2) is 6.66. The molecule has 0 saturated carbocycles. The predicted molar refractivity (Wildman–Crippen MR) is 100 cm³/mol. The minimum atomic E-state index is 0.147. The lowest BCUT2D eigenvalue weighted by Gasteiger charge is -2.34. The van der Waals surface area contributed by atoms with Crippen molar-refractivity contribution in [2.75, 3.05) is 48.0 Å². The monoisotopic (exact) mass is 340 g/mol. The molecule has 7 nitrogen and oxygen atoms in total. The highest BCUT2D eigenvalue weighted by atomic mass is 16.5.